The summed E-state index contributed by atoms with van der Waals surface area (Å²) < 4.78 is 2.23. The number of urea groups is 1. The first-order chi connectivity index (χ1) is 14.1. The maximum Gasteiger partial charge on any atom is 0.317 e. The minimum Gasteiger partial charge on any atom is -0.338 e. The Morgan fingerprint density at radius 2 is 1.90 bits per heavy atom. The van der Waals surface area contributed by atoms with E-state index >= 15 is 0 Å². The van der Waals surface area contributed by atoms with Crippen LogP contribution in [0, 0.1) is 12.8 Å². The first-order valence-corrected chi connectivity index (χ1v) is 10.6. The van der Waals surface area contributed by atoms with Gasteiger partial charge in [-0.1, -0.05) is 42.5 Å². The fraction of sp³-hybridized carbons (Fsp3) is 0.417. The van der Waals surface area contributed by atoms with Crippen molar-refractivity contribution in [2.45, 2.75) is 45.7 Å². The number of aryl methyl sites for hydroxylation is 2. The van der Waals surface area contributed by atoms with E-state index < -0.39 is 0 Å². The molecule has 29 heavy (non-hydrogen) atoms. The summed E-state index contributed by atoms with van der Waals surface area (Å²) in [5.74, 6) is 1.68. The third-order valence-electron chi connectivity index (χ3n) is 5.84. The monoisotopic (exact) mass is 390 g/mol. The Morgan fingerprint density at radius 3 is 2.66 bits per heavy atom. The molecule has 2 amide bonds. The van der Waals surface area contributed by atoms with Crippen LogP contribution in [0.5, 0.6) is 0 Å². The van der Waals surface area contributed by atoms with Crippen LogP contribution >= 0.6 is 0 Å². The van der Waals surface area contributed by atoms with Gasteiger partial charge in [0, 0.05) is 19.6 Å². The smallest absolute Gasteiger partial charge is 0.317 e. The number of aromatic nitrogens is 2. The van der Waals surface area contributed by atoms with Gasteiger partial charge >= 0.3 is 6.03 Å². The molecular formula is C24H30N4O. The van der Waals surface area contributed by atoms with Gasteiger partial charge in [0.1, 0.15) is 5.82 Å². The van der Waals surface area contributed by atoms with E-state index in [0.717, 1.165) is 36.4 Å². The molecule has 5 nitrogen and oxygen atoms in total. The molecule has 0 saturated heterocycles. The van der Waals surface area contributed by atoms with Gasteiger partial charge in [-0.2, -0.15) is 0 Å². The van der Waals surface area contributed by atoms with Gasteiger partial charge in [-0.05, 0) is 56.7 Å². The Morgan fingerprint density at radius 1 is 1.17 bits per heavy atom. The lowest BCUT2D eigenvalue weighted by Gasteiger charge is -2.30. The van der Waals surface area contributed by atoms with E-state index in [2.05, 4.69) is 40.0 Å². The Bertz CT molecular complexity index is 961. The highest BCUT2D eigenvalue weighted by molar-refractivity contribution is 5.76. The summed E-state index contributed by atoms with van der Waals surface area (Å²) in [6.07, 6.45) is 3.35. The van der Waals surface area contributed by atoms with E-state index in [0.29, 0.717) is 12.5 Å². The second kappa shape index (κ2) is 8.68. The van der Waals surface area contributed by atoms with Crippen molar-refractivity contribution in [1.29, 1.82) is 0 Å². The lowest BCUT2D eigenvalue weighted by Crippen LogP contribution is -2.43. The molecule has 4 rings (SSSR count). The van der Waals surface area contributed by atoms with Gasteiger partial charge in [0.25, 0.3) is 0 Å². The average molecular weight is 391 g/mol. The van der Waals surface area contributed by atoms with E-state index in [1.807, 2.05) is 48.2 Å². The molecule has 1 aliphatic carbocycles. The average Bonchev–Trinajstić information content (AvgIpc) is 3.51. The van der Waals surface area contributed by atoms with E-state index in [9.17, 15) is 4.79 Å². The minimum absolute atomic E-state index is 0.0421. The Hall–Kier alpha value is -2.82. The second-order valence-electron chi connectivity index (χ2n) is 8.07. The van der Waals surface area contributed by atoms with Crippen molar-refractivity contribution in [2.24, 2.45) is 5.92 Å². The number of nitrogens with one attached hydrogen (secondary N) is 1. The molecule has 1 unspecified atom stereocenters. The SMILES string of the molecule is Cc1nc2ccccc2n1CCCNC(=O)N(CC1CC1)C(C)c1ccccc1. The molecule has 0 radical (unpaired) electrons. The molecular weight excluding hydrogens is 360 g/mol. The summed E-state index contributed by atoms with van der Waals surface area (Å²) >= 11 is 0. The zero-order valence-electron chi connectivity index (χ0n) is 17.3. The fourth-order valence-electron chi connectivity index (χ4n) is 3.92. The van der Waals surface area contributed by atoms with Crippen molar-refractivity contribution < 1.29 is 4.79 Å². The van der Waals surface area contributed by atoms with E-state index in [1.54, 1.807) is 0 Å². The van der Waals surface area contributed by atoms with Crippen LogP contribution in [-0.2, 0) is 6.54 Å². The molecule has 0 aliphatic heterocycles. The standard InChI is InChI=1S/C24H30N4O/c1-18(21-9-4-3-5-10-21)28(17-20-13-14-20)24(29)25-15-8-16-27-19(2)26-22-11-6-7-12-23(22)27/h3-7,9-12,18,20H,8,13-17H2,1-2H3,(H,25,29). The minimum atomic E-state index is 0.0421. The topological polar surface area (TPSA) is 50.2 Å². The molecule has 1 atom stereocenters. The molecule has 1 saturated carbocycles. The molecule has 1 aromatic heterocycles. The van der Waals surface area contributed by atoms with Crippen LogP contribution in [0.1, 0.15) is 43.6 Å². The van der Waals surface area contributed by atoms with Crippen molar-refractivity contribution in [2.75, 3.05) is 13.1 Å². The molecule has 1 heterocycles. The highest BCUT2D eigenvalue weighted by atomic mass is 16.2. The fourth-order valence-corrected chi connectivity index (χ4v) is 3.92. The lowest BCUT2D eigenvalue weighted by molar-refractivity contribution is 0.175. The Labute approximate surface area is 172 Å². The van der Waals surface area contributed by atoms with Crippen LogP contribution in [0.15, 0.2) is 54.6 Å². The number of nitrogens with zero attached hydrogens (tertiary/aromatic N) is 3. The Kier molecular flexibility index (Phi) is 5.84. The zero-order chi connectivity index (χ0) is 20.2. The third kappa shape index (κ3) is 4.61. The first kappa shape index (κ1) is 19.5. The van der Waals surface area contributed by atoms with Crippen LogP contribution in [-0.4, -0.2) is 33.6 Å². The maximum atomic E-state index is 13.0. The van der Waals surface area contributed by atoms with E-state index in [1.165, 1.54) is 18.4 Å². The van der Waals surface area contributed by atoms with Gasteiger partial charge in [-0.25, -0.2) is 9.78 Å². The number of hydrogen-bond acceptors (Lipinski definition) is 2. The number of benzene rings is 2. The number of amides is 2. The van der Waals surface area contributed by atoms with Crippen LogP contribution in [0.25, 0.3) is 11.0 Å². The number of carbonyl (C=O) groups excluding carboxylic acids is 1. The molecule has 0 bridgehead atoms. The molecule has 5 heteroatoms. The summed E-state index contributed by atoms with van der Waals surface area (Å²) in [5, 5.41) is 3.15. The molecule has 1 aliphatic rings. The molecule has 152 valence electrons. The van der Waals surface area contributed by atoms with Crippen LogP contribution in [0.2, 0.25) is 0 Å². The predicted octanol–water partition coefficient (Wildman–Crippen LogP) is 4.92. The Balaban J connectivity index is 1.35. The van der Waals surface area contributed by atoms with E-state index in [4.69, 9.17) is 0 Å². The van der Waals surface area contributed by atoms with Crippen molar-refractivity contribution >= 4 is 17.1 Å². The summed E-state index contributed by atoms with van der Waals surface area (Å²) in [5.41, 5.74) is 3.37. The molecule has 3 aromatic rings. The van der Waals surface area contributed by atoms with Crippen LogP contribution < -0.4 is 5.32 Å². The number of fused-ring (bicyclic) bond motifs is 1. The van der Waals surface area contributed by atoms with Gasteiger partial charge in [0.05, 0.1) is 17.1 Å². The van der Waals surface area contributed by atoms with Crippen molar-refractivity contribution in [3.05, 3.63) is 66.0 Å². The lowest BCUT2D eigenvalue weighted by atomic mass is 10.1. The number of carbonyl (C=O) groups is 1. The number of hydrogen-bond donors (Lipinski definition) is 1. The summed E-state index contributed by atoms with van der Waals surface area (Å²) in [6, 6.07) is 18.6. The highest BCUT2D eigenvalue weighted by Gasteiger charge is 2.29. The first-order valence-electron chi connectivity index (χ1n) is 10.6. The molecule has 0 spiro atoms. The van der Waals surface area contributed by atoms with Crippen LogP contribution in [0.4, 0.5) is 4.79 Å². The highest BCUT2D eigenvalue weighted by Crippen LogP contribution is 2.32. The van der Waals surface area contributed by atoms with Gasteiger partial charge < -0.3 is 14.8 Å². The maximum absolute atomic E-state index is 13.0. The zero-order valence-corrected chi connectivity index (χ0v) is 17.3. The largest absolute Gasteiger partial charge is 0.338 e. The van der Waals surface area contributed by atoms with Gasteiger partial charge in [0.15, 0.2) is 0 Å². The van der Waals surface area contributed by atoms with E-state index in [-0.39, 0.29) is 12.1 Å². The number of para-hydroxylation sites is 2. The quantitative estimate of drug-likeness (QED) is 0.555. The van der Waals surface area contributed by atoms with Gasteiger partial charge in [0.2, 0.25) is 0 Å². The number of imidazole rings is 1. The summed E-state index contributed by atoms with van der Waals surface area (Å²) in [6.45, 7) is 6.51. The second-order valence-corrected chi connectivity index (χ2v) is 8.07. The van der Waals surface area contributed by atoms with Gasteiger partial charge in [-0.15, -0.1) is 0 Å². The number of rotatable bonds is 8. The van der Waals surface area contributed by atoms with Crippen LogP contribution in [0.3, 0.4) is 0 Å². The van der Waals surface area contributed by atoms with Gasteiger partial charge in [-0.3, -0.25) is 0 Å². The van der Waals surface area contributed by atoms with Crippen molar-refractivity contribution in [3.63, 3.8) is 0 Å². The molecule has 2 aromatic carbocycles. The summed E-state index contributed by atoms with van der Waals surface area (Å²) in [4.78, 5) is 19.6. The predicted molar refractivity (Wildman–Crippen MR) is 117 cm³/mol. The molecule has 1 fully saturated rings. The van der Waals surface area contributed by atoms with Crippen molar-refractivity contribution in [1.82, 2.24) is 19.8 Å². The molecule has 1 N–H and O–H groups in total. The summed E-state index contributed by atoms with van der Waals surface area (Å²) in [7, 11) is 0. The normalized spacial score (nSPS) is 14.7. The van der Waals surface area contributed by atoms with Crippen molar-refractivity contribution in [3.8, 4) is 0 Å². The third-order valence-corrected chi connectivity index (χ3v) is 5.84.